The number of carbonyl (C=O) groups excluding carboxylic acids is 1. The van der Waals surface area contributed by atoms with Crippen molar-refractivity contribution in [1.82, 2.24) is 5.32 Å². The fourth-order valence-electron chi connectivity index (χ4n) is 4.36. The summed E-state index contributed by atoms with van der Waals surface area (Å²) in [6.07, 6.45) is 5.35. The van der Waals surface area contributed by atoms with E-state index in [4.69, 9.17) is 11.6 Å². The largest absolute Gasteiger partial charge is 0.380 e. The van der Waals surface area contributed by atoms with Crippen LogP contribution in [0.1, 0.15) is 56.3 Å². The molecule has 1 aliphatic rings. The monoisotopic (exact) mass is 434 g/mol. The Morgan fingerprint density at radius 1 is 1.03 bits per heavy atom. The minimum atomic E-state index is -0.742. The molecule has 1 fully saturated rings. The van der Waals surface area contributed by atoms with Gasteiger partial charge in [-0.05, 0) is 81.3 Å². The van der Waals surface area contributed by atoms with Crippen molar-refractivity contribution in [2.45, 2.75) is 51.5 Å². The molecule has 1 saturated carbocycles. The highest BCUT2D eigenvalue weighted by atomic mass is 35.5. The van der Waals surface area contributed by atoms with Crippen LogP contribution in [0.4, 0.5) is 14.5 Å². The number of hydrogen-bond acceptors (Lipinski definition) is 2. The van der Waals surface area contributed by atoms with E-state index in [2.05, 4.69) is 24.5 Å². The highest BCUT2D eigenvalue weighted by Crippen LogP contribution is 2.38. The molecular formula is C24H29ClF2N2O. The Hall–Kier alpha value is -2.14. The molecule has 0 heterocycles. The van der Waals surface area contributed by atoms with Gasteiger partial charge in [-0.15, -0.1) is 0 Å². The highest BCUT2D eigenvalue weighted by Gasteiger charge is 2.33. The fraction of sp³-hybridized carbons (Fsp3) is 0.458. The lowest BCUT2D eigenvalue weighted by atomic mass is 9.72. The number of hydrogen-bond donors (Lipinski definition) is 2. The molecule has 0 saturated heterocycles. The molecule has 6 heteroatoms. The lowest BCUT2D eigenvalue weighted by molar-refractivity contribution is 0.0948. The summed E-state index contributed by atoms with van der Waals surface area (Å²) in [4.78, 5) is 12.1. The molecule has 0 spiro atoms. The van der Waals surface area contributed by atoms with E-state index in [0.29, 0.717) is 18.4 Å². The highest BCUT2D eigenvalue weighted by molar-refractivity contribution is 6.30. The van der Waals surface area contributed by atoms with Crippen LogP contribution in [0.25, 0.3) is 0 Å². The molecule has 2 aromatic rings. The van der Waals surface area contributed by atoms with E-state index in [-0.39, 0.29) is 11.1 Å². The summed E-state index contributed by atoms with van der Waals surface area (Å²) in [5.41, 5.74) is 1.07. The zero-order chi connectivity index (χ0) is 21.7. The molecule has 1 aliphatic carbocycles. The minimum Gasteiger partial charge on any atom is -0.380 e. The molecule has 0 bridgehead atoms. The van der Waals surface area contributed by atoms with Crippen molar-refractivity contribution in [3.05, 3.63) is 64.7 Å². The molecule has 1 amide bonds. The van der Waals surface area contributed by atoms with Crippen LogP contribution >= 0.6 is 11.6 Å². The van der Waals surface area contributed by atoms with Gasteiger partial charge in [-0.3, -0.25) is 4.79 Å². The van der Waals surface area contributed by atoms with Gasteiger partial charge in [-0.25, -0.2) is 8.78 Å². The Labute approximate surface area is 182 Å². The first-order valence-electron chi connectivity index (χ1n) is 10.5. The molecule has 0 aliphatic heterocycles. The molecule has 0 radical (unpaired) electrons. The van der Waals surface area contributed by atoms with Gasteiger partial charge < -0.3 is 10.6 Å². The predicted octanol–water partition coefficient (Wildman–Crippen LogP) is 6.44. The van der Waals surface area contributed by atoms with Crippen LogP contribution < -0.4 is 10.6 Å². The van der Waals surface area contributed by atoms with Gasteiger partial charge in [0, 0.05) is 34.4 Å². The van der Waals surface area contributed by atoms with Crippen molar-refractivity contribution in [1.29, 1.82) is 0 Å². The molecular weight excluding hydrogens is 406 g/mol. The van der Waals surface area contributed by atoms with Crippen LogP contribution in [0.2, 0.25) is 5.02 Å². The van der Waals surface area contributed by atoms with Gasteiger partial charge >= 0.3 is 0 Å². The standard InChI is InChI=1S/C24H29ClF2N2O/c1-24(2,29-22-9-7-19(25)8-10-22)18-5-3-16(4-6-18)11-12-28-23(30)17-13-20(26)15-21(27)14-17/h7-10,13-16,18,29H,3-6,11-12H2,1-2H3,(H,28,30). The SMILES string of the molecule is CC(C)(Nc1ccc(Cl)cc1)C1CCC(CCNC(=O)c2cc(F)cc(F)c2)CC1. The Morgan fingerprint density at radius 3 is 2.23 bits per heavy atom. The van der Waals surface area contributed by atoms with Gasteiger partial charge in [0.2, 0.25) is 0 Å². The quantitative estimate of drug-likeness (QED) is 0.526. The maximum absolute atomic E-state index is 13.3. The number of carbonyl (C=O) groups is 1. The Bertz CT molecular complexity index is 842. The van der Waals surface area contributed by atoms with Gasteiger partial charge in [0.25, 0.3) is 5.91 Å². The lowest BCUT2D eigenvalue weighted by Crippen LogP contribution is -2.41. The molecule has 2 aromatic carbocycles. The number of rotatable bonds is 7. The van der Waals surface area contributed by atoms with E-state index in [1.54, 1.807) is 0 Å². The van der Waals surface area contributed by atoms with E-state index in [1.165, 1.54) is 0 Å². The van der Waals surface area contributed by atoms with Crippen LogP contribution in [0, 0.1) is 23.5 Å². The molecule has 0 atom stereocenters. The second kappa shape index (κ2) is 9.78. The second-order valence-electron chi connectivity index (χ2n) is 8.77. The van der Waals surface area contributed by atoms with Crippen LogP contribution in [0.3, 0.4) is 0 Å². The summed E-state index contributed by atoms with van der Waals surface area (Å²) in [6, 6.07) is 10.7. The summed E-state index contributed by atoms with van der Waals surface area (Å²) in [6.45, 7) is 4.99. The van der Waals surface area contributed by atoms with Crippen molar-refractivity contribution in [2.24, 2.45) is 11.8 Å². The Kier molecular flexibility index (Phi) is 7.35. The normalized spacial score (nSPS) is 19.4. The van der Waals surface area contributed by atoms with Gasteiger partial charge in [0.1, 0.15) is 11.6 Å². The van der Waals surface area contributed by atoms with E-state index < -0.39 is 17.5 Å². The smallest absolute Gasteiger partial charge is 0.251 e. The third-order valence-electron chi connectivity index (χ3n) is 6.14. The zero-order valence-corrected chi connectivity index (χ0v) is 18.2. The number of benzene rings is 2. The molecule has 30 heavy (non-hydrogen) atoms. The van der Waals surface area contributed by atoms with E-state index in [9.17, 15) is 13.6 Å². The number of amides is 1. The lowest BCUT2D eigenvalue weighted by Gasteiger charge is -2.40. The maximum Gasteiger partial charge on any atom is 0.251 e. The minimum absolute atomic E-state index is 0.0194. The first kappa shape index (κ1) is 22.5. The van der Waals surface area contributed by atoms with Crippen molar-refractivity contribution < 1.29 is 13.6 Å². The van der Waals surface area contributed by atoms with E-state index in [1.807, 2.05) is 24.3 Å². The molecule has 2 N–H and O–H groups in total. The summed E-state index contributed by atoms with van der Waals surface area (Å²) in [5, 5.41) is 7.15. The molecule has 0 unspecified atom stereocenters. The predicted molar refractivity (Wildman–Crippen MR) is 118 cm³/mol. The number of anilines is 1. The second-order valence-corrected chi connectivity index (χ2v) is 9.21. The summed E-state index contributed by atoms with van der Waals surface area (Å²) in [7, 11) is 0. The van der Waals surface area contributed by atoms with Crippen LogP contribution in [0.5, 0.6) is 0 Å². The topological polar surface area (TPSA) is 41.1 Å². The number of nitrogens with one attached hydrogen (secondary N) is 2. The summed E-state index contributed by atoms with van der Waals surface area (Å²) < 4.78 is 26.5. The summed E-state index contributed by atoms with van der Waals surface area (Å²) >= 11 is 5.97. The molecule has 0 aromatic heterocycles. The third-order valence-corrected chi connectivity index (χ3v) is 6.39. The van der Waals surface area contributed by atoms with Crippen LogP contribution in [-0.2, 0) is 0 Å². The summed E-state index contributed by atoms with van der Waals surface area (Å²) in [5.74, 6) is -0.802. The van der Waals surface area contributed by atoms with E-state index in [0.717, 1.165) is 61.0 Å². The average Bonchev–Trinajstić information content (AvgIpc) is 2.69. The Morgan fingerprint density at radius 2 is 1.63 bits per heavy atom. The zero-order valence-electron chi connectivity index (χ0n) is 17.5. The van der Waals surface area contributed by atoms with Gasteiger partial charge in [-0.1, -0.05) is 24.4 Å². The molecule has 162 valence electrons. The Balaban J connectivity index is 1.42. The fourth-order valence-corrected chi connectivity index (χ4v) is 4.48. The van der Waals surface area contributed by atoms with Crippen LogP contribution in [-0.4, -0.2) is 18.0 Å². The molecule has 3 rings (SSSR count). The van der Waals surface area contributed by atoms with Crippen molar-refractivity contribution in [3.63, 3.8) is 0 Å². The van der Waals surface area contributed by atoms with E-state index >= 15 is 0 Å². The third kappa shape index (κ3) is 6.18. The van der Waals surface area contributed by atoms with Crippen molar-refractivity contribution in [2.75, 3.05) is 11.9 Å². The van der Waals surface area contributed by atoms with Crippen LogP contribution in [0.15, 0.2) is 42.5 Å². The van der Waals surface area contributed by atoms with Gasteiger partial charge in [0.05, 0.1) is 0 Å². The van der Waals surface area contributed by atoms with Crippen molar-refractivity contribution >= 4 is 23.2 Å². The first-order chi connectivity index (χ1) is 14.2. The molecule has 3 nitrogen and oxygen atoms in total. The van der Waals surface area contributed by atoms with Gasteiger partial charge in [0.15, 0.2) is 0 Å². The van der Waals surface area contributed by atoms with Gasteiger partial charge in [-0.2, -0.15) is 0 Å². The first-order valence-corrected chi connectivity index (χ1v) is 10.9. The van der Waals surface area contributed by atoms with Crippen molar-refractivity contribution in [3.8, 4) is 0 Å². The maximum atomic E-state index is 13.3. The average molecular weight is 435 g/mol. The number of halogens is 3.